The van der Waals surface area contributed by atoms with Crippen molar-refractivity contribution in [2.24, 2.45) is 0 Å². The molecule has 2 heterocycles. The first kappa shape index (κ1) is 34.4. The van der Waals surface area contributed by atoms with Gasteiger partial charge in [0.1, 0.15) is 11.2 Å². The fourth-order valence-corrected chi connectivity index (χ4v) is 8.40. The molecule has 0 atom stereocenters. The largest absolute Gasteiger partial charge is 0.455 e. The summed E-state index contributed by atoms with van der Waals surface area (Å²) in [7, 11) is 0. The van der Waals surface area contributed by atoms with Crippen molar-refractivity contribution < 1.29 is 4.42 Å². The third-order valence-electron chi connectivity index (χ3n) is 11.3. The number of fused-ring (bicyclic) bond motifs is 5. The van der Waals surface area contributed by atoms with Gasteiger partial charge in [0.05, 0.1) is 11.4 Å². The van der Waals surface area contributed by atoms with E-state index in [4.69, 9.17) is 14.4 Å². The Balaban J connectivity index is 1.02. The summed E-state index contributed by atoms with van der Waals surface area (Å²) in [6.07, 6.45) is 0. The maximum Gasteiger partial charge on any atom is 0.160 e. The lowest BCUT2D eigenvalue weighted by Crippen LogP contribution is -1.96. The molecule has 9 aromatic carbocycles. The van der Waals surface area contributed by atoms with Gasteiger partial charge in [-0.15, -0.1) is 0 Å². The molecule has 11 aromatic rings. The lowest BCUT2D eigenvalue weighted by Gasteiger charge is -2.12. The van der Waals surface area contributed by atoms with E-state index in [-0.39, 0.29) is 0 Å². The number of hydrogen-bond donors (Lipinski definition) is 0. The van der Waals surface area contributed by atoms with Crippen LogP contribution in [0.25, 0.3) is 111 Å². The molecule has 3 nitrogen and oxygen atoms in total. The summed E-state index contributed by atoms with van der Waals surface area (Å²) in [6.45, 7) is 0. The molecule has 0 spiro atoms. The predicted molar refractivity (Wildman–Crippen MR) is 245 cm³/mol. The lowest BCUT2D eigenvalue weighted by atomic mass is 9.91. The molecule has 0 aliphatic carbocycles. The van der Waals surface area contributed by atoms with E-state index in [0.717, 1.165) is 83.0 Å². The molecular formula is C56H36N2O. The van der Waals surface area contributed by atoms with Gasteiger partial charge in [-0.2, -0.15) is 0 Å². The molecule has 0 aliphatic rings. The maximum absolute atomic E-state index is 6.67. The van der Waals surface area contributed by atoms with Crippen molar-refractivity contribution in [3.8, 4) is 78.4 Å². The van der Waals surface area contributed by atoms with E-state index < -0.39 is 0 Å². The maximum atomic E-state index is 6.67. The SMILES string of the molecule is c1ccc(-c2cc(-c3cccc(-c4cccc(-c5cc6c7cc(-c8ccccc8-c8ccccc8)ccc7oc6c6ccccc56)c4)c3)nc(-c3ccccc3)n2)cc1. The minimum atomic E-state index is 0.705. The number of rotatable bonds is 7. The van der Waals surface area contributed by atoms with Gasteiger partial charge in [-0.25, -0.2) is 9.97 Å². The number of aromatic nitrogens is 2. The molecule has 0 bridgehead atoms. The summed E-state index contributed by atoms with van der Waals surface area (Å²) in [5.41, 5.74) is 16.0. The Morgan fingerprint density at radius 2 is 0.780 bits per heavy atom. The first-order chi connectivity index (χ1) is 29.2. The van der Waals surface area contributed by atoms with Crippen LogP contribution in [0.1, 0.15) is 0 Å². The Kier molecular flexibility index (Phi) is 8.49. The van der Waals surface area contributed by atoms with E-state index >= 15 is 0 Å². The monoisotopic (exact) mass is 752 g/mol. The predicted octanol–water partition coefficient (Wildman–Crippen LogP) is 15.2. The van der Waals surface area contributed by atoms with Crippen molar-refractivity contribution in [2.45, 2.75) is 0 Å². The Hall–Kier alpha value is -7.88. The van der Waals surface area contributed by atoms with Crippen LogP contribution in [0, 0.1) is 0 Å². The zero-order valence-electron chi connectivity index (χ0n) is 32.1. The second-order valence-electron chi connectivity index (χ2n) is 14.9. The summed E-state index contributed by atoms with van der Waals surface area (Å²) in [5, 5.41) is 4.46. The second kappa shape index (κ2) is 14.6. The van der Waals surface area contributed by atoms with Gasteiger partial charge in [-0.3, -0.25) is 0 Å². The average molecular weight is 753 g/mol. The van der Waals surface area contributed by atoms with Gasteiger partial charge in [0, 0.05) is 32.8 Å². The highest BCUT2D eigenvalue weighted by molar-refractivity contribution is 6.19. The highest BCUT2D eigenvalue weighted by Crippen LogP contribution is 2.43. The molecule has 2 aromatic heterocycles. The topological polar surface area (TPSA) is 38.9 Å². The van der Waals surface area contributed by atoms with Crippen LogP contribution >= 0.6 is 0 Å². The molecule has 0 N–H and O–H groups in total. The van der Waals surface area contributed by atoms with E-state index in [9.17, 15) is 0 Å². The number of furan rings is 1. The third-order valence-corrected chi connectivity index (χ3v) is 11.3. The molecule has 0 amide bonds. The van der Waals surface area contributed by atoms with E-state index in [1.165, 1.54) is 22.3 Å². The summed E-state index contributed by atoms with van der Waals surface area (Å²) < 4.78 is 6.67. The van der Waals surface area contributed by atoms with Gasteiger partial charge < -0.3 is 4.42 Å². The Bertz CT molecular complexity index is 3260. The minimum Gasteiger partial charge on any atom is -0.455 e. The molecule has 3 heteroatoms. The highest BCUT2D eigenvalue weighted by Gasteiger charge is 2.18. The van der Waals surface area contributed by atoms with Crippen molar-refractivity contribution in [1.29, 1.82) is 0 Å². The Morgan fingerprint density at radius 1 is 0.271 bits per heavy atom. The second-order valence-corrected chi connectivity index (χ2v) is 14.9. The fourth-order valence-electron chi connectivity index (χ4n) is 8.40. The summed E-state index contributed by atoms with van der Waals surface area (Å²) in [4.78, 5) is 10.1. The molecular weight excluding hydrogens is 717 g/mol. The summed E-state index contributed by atoms with van der Waals surface area (Å²) in [5.74, 6) is 0.705. The molecule has 0 saturated carbocycles. The van der Waals surface area contributed by atoms with Crippen LogP contribution in [0.4, 0.5) is 0 Å². The molecule has 0 aliphatic heterocycles. The average Bonchev–Trinajstić information content (AvgIpc) is 3.70. The molecule has 0 fully saturated rings. The molecule has 0 radical (unpaired) electrons. The van der Waals surface area contributed by atoms with Crippen molar-refractivity contribution in [1.82, 2.24) is 9.97 Å². The fraction of sp³-hybridized carbons (Fsp3) is 0. The van der Waals surface area contributed by atoms with E-state index in [2.05, 4.69) is 182 Å². The highest BCUT2D eigenvalue weighted by atomic mass is 16.3. The quantitative estimate of drug-likeness (QED) is 0.163. The van der Waals surface area contributed by atoms with Gasteiger partial charge in [0.25, 0.3) is 0 Å². The Labute approximate surface area is 342 Å². The first-order valence-corrected chi connectivity index (χ1v) is 20.0. The number of hydrogen-bond acceptors (Lipinski definition) is 3. The molecule has 276 valence electrons. The van der Waals surface area contributed by atoms with Gasteiger partial charge >= 0.3 is 0 Å². The van der Waals surface area contributed by atoms with Crippen molar-refractivity contribution in [3.63, 3.8) is 0 Å². The molecule has 11 rings (SSSR count). The first-order valence-electron chi connectivity index (χ1n) is 20.0. The number of benzene rings is 9. The number of nitrogens with zero attached hydrogens (tertiary/aromatic N) is 2. The van der Waals surface area contributed by atoms with Gasteiger partial charge in [-0.1, -0.05) is 182 Å². The van der Waals surface area contributed by atoms with E-state index in [0.29, 0.717) is 5.82 Å². The summed E-state index contributed by atoms with van der Waals surface area (Å²) >= 11 is 0. The zero-order chi connectivity index (χ0) is 39.1. The molecule has 59 heavy (non-hydrogen) atoms. The van der Waals surface area contributed by atoms with Crippen molar-refractivity contribution in [2.75, 3.05) is 0 Å². The van der Waals surface area contributed by atoms with Crippen LogP contribution in [-0.2, 0) is 0 Å². The smallest absolute Gasteiger partial charge is 0.160 e. The van der Waals surface area contributed by atoms with Crippen LogP contribution in [0.5, 0.6) is 0 Å². The van der Waals surface area contributed by atoms with Crippen LogP contribution < -0.4 is 0 Å². The zero-order valence-corrected chi connectivity index (χ0v) is 32.1. The van der Waals surface area contributed by atoms with Crippen LogP contribution in [-0.4, -0.2) is 9.97 Å². The van der Waals surface area contributed by atoms with Crippen LogP contribution in [0.3, 0.4) is 0 Å². The van der Waals surface area contributed by atoms with Crippen molar-refractivity contribution >= 4 is 32.7 Å². The summed E-state index contributed by atoms with van der Waals surface area (Å²) in [6, 6.07) is 76.9. The molecule has 0 unspecified atom stereocenters. The van der Waals surface area contributed by atoms with E-state index in [1.807, 2.05) is 36.4 Å². The lowest BCUT2D eigenvalue weighted by molar-refractivity contribution is 0.673. The van der Waals surface area contributed by atoms with Gasteiger partial charge in [0.2, 0.25) is 0 Å². The van der Waals surface area contributed by atoms with Crippen molar-refractivity contribution in [3.05, 3.63) is 218 Å². The molecule has 0 saturated heterocycles. The standard InChI is InChI=1S/C56H36N2O/c1-4-16-37(17-5-1)45-26-10-11-27-46(45)43-30-31-54-50(34-43)51-35-49(47-28-12-13-29-48(47)55(51)59-54)42-24-14-22-40(32-42)41-23-15-25-44(33-41)53-36-52(38-18-6-2-7-19-38)57-56(58-53)39-20-8-3-9-21-39/h1-36H. The van der Waals surface area contributed by atoms with Crippen LogP contribution in [0.15, 0.2) is 223 Å². The van der Waals surface area contributed by atoms with Gasteiger partial charge in [0.15, 0.2) is 5.82 Å². The minimum absolute atomic E-state index is 0.705. The Morgan fingerprint density at radius 3 is 1.49 bits per heavy atom. The third kappa shape index (κ3) is 6.36. The van der Waals surface area contributed by atoms with Gasteiger partial charge in [-0.05, 0) is 86.3 Å². The van der Waals surface area contributed by atoms with Crippen LogP contribution in [0.2, 0.25) is 0 Å². The normalized spacial score (nSPS) is 11.4. The van der Waals surface area contributed by atoms with E-state index in [1.54, 1.807) is 0 Å².